The summed E-state index contributed by atoms with van der Waals surface area (Å²) in [6.45, 7) is 0. The van der Waals surface area contributed by atoms with Crippen molar-refractivity contribution in [1.82, 2.24) is 0 Å². The van der Waals surface area contributed by atoms with E-state index in [9.17, 15) is 20.2 Å². The lowest BCUT2D eigenvalue weighted by Crippen LogP contribution is -2.29. The summed E-state index contributed by atoms with van der Waals surface area (Å²) >= 11 is 0. The third-order valence-corrected chi connectivity index (χ3v) is 5.35. The van der Waals surface area contributed by atoms with Gasteiger partial charge in [-0.25, -0.2) is 0 Å². The van der Waals surface area contributed by atoms with E-state index in [2.05, 4.69) is 0 Å². The molecule has 0 amide bonds. The van der Waals surface area contributed by atoms with E-state index in [1.807, 2.05) is 36.4 Å². The molecule has 0 spiro atoms. The number of nitrogens with two attached hydrogens (primary N) is 1. The number of non-ortho nitro benzene ring substituents is 1. The largest absolute Gasteiger partial charge is 0.444 e. The van der Waals surface area contributed by atoms with E-state index in [1.54, 1.807) is 6.07 Å². The zero-order valence-corrected chi connectivity index (χ0v) is 15.4. The number of hydrogen-bond donors (Lipinski definition) is 1. The molecule has 7 heteroatoms. The molecule has 7 nitrogen and oxygen atoms in total. The number of nitriles is 1. The number of ether oxygens (including phenoxy) is 1. The zero-order chi connectivity index (χ0) is 20.5. The number of carbonyl (C=O) groups excluding carboxylic acids is 1. The molecule has 1 aliphatic heterocycles. The molecule has 0 unspecified atom stereocenters. The molecule has 0 fully saturated rings. The molecule has 2 aliphatic rings. The van der Waals surface area contributed by atoms with Gasteiger partial charge in [0.25, 0.3) is 5.69 Å². The number of Topliss-reactive ketones (excluding diaryl/α,β-unsaturated/α-hetero) is 1. The summed E-state index contributed by atoms with van der Waals surface area (Å²) in [4.78, 5) is 23.8. The van der Waals surface area contributed by atoms with Gasteiger partial charge in [-0.1, -0.05) is 42.5 Å². The lowest BCUT2D eigenvalue weighted by Gasteiger charge is -2.34. The van der Waals surface area contributed by atoms with Crippen LogP contribution in [0.3, 0.4) is 0 Å². The van der Waals surface area contributed by atoms with Gasteiger partial charge in [-0.15, -0.1) is 0 Å². The second-order valence-electron chi connectivity index (χ2n) is 7.05. The molecule has 0 radical (unpaired) electrons. The smallest absolute Gasteiger partial charge is 0.269 e. The van der Waals surface area contributed by atoms with Crippen molar-refractivity contribution in [3.8, 4) is 6.07 Å². The van der Waals surface area contributed by atoms with Crippen molar-refractivity contribution in [1.29, 1.82) is 5.26 Å². The SMILES string of the molecule is N#CC1=C(N)OC2=C(C(=O)C[C@H](c3ccccc3)C2)[C@H]1c1cccc([N+](=O)[O-])c1. The van der Waals surface area contributed by atoms with E-state index in [1.165, 1.54) is 18.2 Å². The summed E-state index contributed by atoms with van der Waals surface area (Å²) in [5.41, 5.74) is 7.85. The Balaban J connectivity index is 1.81. The molecule has 2 N–H and O–H groups in total. The van der Waals surface area contributed by atoms with Gasteiger partial charge in [0.05, 0.1) is 10.8 Å². The Labute approximate surface area is 166 Å². The van der Waals surface area contributed by atoms with Crippen molar-refractivity contribution in [2.24, 2.45) is 5.73 Å². The van der Waals surface area contributed by atoms with Gasteiger partial charge >= 0.3 is 0 Å². The third-order valence-electron chi connectivity index (χ3n) is 5.35. The van der Waals surface area contributed by atoms with Crippen LogP contribution in [0, 0.1) is 21.4 Å². The number of nitro benzene ring substituents is 1. The maximum atomic E-state index is 13.1. The molecule has 1 heterocycles. The first kappa shape index (κ1) is 18.4. The fourth-order valence-electron chi connectivity index (χ4n) is 4.02. The molecular weight excluding hydrogens is 370 g/mol. The minimum atomic E-state index is -0.770. The van der Waals surface area contributed by atoms with E-state index in [4.69, 9.17) is 10.5 Å². The fourth-order valence-corrected chi connectivity index (χ4v) is 4.02. The summed E-state index contributed by atoms with van der Waals surface area (Å²) in [6, 6.07) is 17.6. The third kappa shape index (κ3) is 3.25. The highest BCUT2D eigenvalue weighted by atomic mass is 16.6. The molecule has 2 aromatic carbocycles. The Kier molecular flexibility index (Phi) is 4.61. The molecule has 2 atom stereocenters. The van der Waals surface area contributed by atoms with Crippen LogP contribution in [0.2, 0.25) is 0 Å². The maximum Gasteiger partial charge on any atom is 0.269 e. The highest BCUT2D eigenvalue weighted by molar-refractivity contribution is 6.00. The van der Waals surface area contributed by atoms with Crippen molar-refractivity contribution < 1.29 is 14.5 Å². The highest BCUT2D eigenvalue weighted by Gasteiger charge is 2.41. The quantitative estimate of drug-likeness (QED) is 0.632. The van der Waals surface area contributed by atoms with E-state index in [0.717, 1.165) is 5.56 Å². The Morgan fingerprint density at radius 1 is 1.10 bits per heavy atom. The average molecular weight is 387 g/mol. The predicted octanol–water partition coefficient (Wildman–Crippen LogP) is 3.80. The van der Waals surface area contributed by atoms with Crippen LogP contribution in [0.5, 0.6) is 0 Å². The van der Waals surface area contributed by atoms with Crippen molar-refractivity contribution in [2.75, 3.05) is 0 Å². The lowest BCUT2D eigenvalue weighted by molar-refractivity contribution is -0.384. The summed E-state index contributed by atoms with van der Waals surface area (Å²) in [6.07, 6.45) is 0.742. The first-order valence-electron chi connectivity index (χ1n) is 9.12. The molecule has 1 aliphatic carbocycles. The van der Waals surface area contributed by atoms with Crippen LogP contribution in [0.4, 0.5) is 5.69 Å². The molecule has 144 valence electrons. The molecule has 0 saturated heterocycles. The summed E-state index contributed by atoms with van der Waals surface area (Å²) < 4.78 is 5.71. The number of hydrogen-bond acceptors (Lipinski definition) is 6. The molecule has 29 heavy (non-hydrogen) atoms. The Hall–Kier alpha value is -3.92. The van der Waals surface area contributed by atoms with Crippen molar-refractivity contribution in [2.45, 2.75) is 24.7 Å². The summed E-state index contributed by atoms with van der Waals surface area (Å²) in [5.74, 6) is -0.596. The Bertz CT molecular complexity index is 1110. The number of ketones is 1. The van der Waals surface area contributed by atoms with Gasteiger partial charge in [0.2, 0.25) is 5.88 Å². The molecule has 4 rings (SSSR count). The van der Waals surface area contributed by atoms with Crippen LogP contribution < -0.4 is 5.73 Å². The normalized spacial score (nSPS) is 21.3. The Morgan fingerprint density at radius 3 is 2.52 bits per heavy atom. The lowest BCUT2D eigenvalue weighted by atomic mass is 9.73. The van der Waals surface area contributed by atoms with Crippen LogP contribution in [0.1, 0.15) is 35.8 Å². The van der Waals surface area contributed by atoms with Crippen LogP contribution in [-0.2, 0) is 9.53 Å². The monoisotopic (exact) mass is 387 g/mol. The maximum absolute atomic E-state index is 13.1. The topological polar surface area (TPSA) is 119 Å². The van der Waals surface area contributed by atoms with Gasteiger partial charge in [0, 0.05) is 30.5 Å². The zero-order valence-electron chi connectivity index (χ0n) is 15.4. The van der Waals surface area contributed by atoms with E-state index in [-0.39, 0.29) is 35.3 Å². The fraction of sp³-hybridized carbons (Fsp3) is 0.182. The van der Waals surface area contributed by atoms with Crippen LogP contribution in [0.15, 0.2) is 77.4 Å². The van der Waals surface area contributed by atoms with Gasteiger partial charge in [-0.2, -0.15) is 5.26 Å². The highest BCUT2D eigenvalue weighted by Crippen LogP contribution is 2.46. The predicted molar refractivity (Wildman–Crippen MR) is 104 cm³/mol. The minimum Gasteiger partial charge on any atom is -0.444 e. The number of benzene rings is 2. The number of rotatable bonds is 3. The second kappa shape index (κ2) is 7.24. The summed E-state index contributed by atoms with van der Waals surface area (Å²) in [5, 5.41) is 20.8. The molecule has 0 bridgehead atoms. The standard InChI is InChI=1S/C22H17N3O4/c23-12-17-20(14-7-4-8-16(9-14)25(27)28)21-18(26)10-15(11-19(21)29-22(17)24)13-5-2-1-3-6-13/h1-9,15,20H,10-11,24H2/t15-,20-/m0/s1. The summed E-state index contributed by atoms with van der Waals surface area (Å²) in [7, 11) is 0. The van der Waals surface area contributed by atoms with E-state index in [0.29, 0.717) is 23.3 Å². The van der Waals surface area contributed by atoms with Crippen LogP contribution >= 0.6 is 0 Å². The van der Waals surface area contributed by atoms with Crippen molar-refractivity contribution in [3.05, 3.63) is 98.6 Å². The van der Waals surface area contributed by atoms with E-state index < -0.39 is 10.8 Å². The van der Waals surface area contributed by atoms with Gasteiger partial charge < -0.3 is 10.5 Å². The van der Waals surface area contributed by atoms with E-state index >= 15 is 0 Å². The van der Waals surface area contributed by atoms with Crippen molar-refractivity contribution in [3.63, 3.8) is 0 Å². The molecule has 2 aromatic rings. The first-order chi connectivity index (χ1) is 14.0. The second-order valence-corrected chi connectivity index (χ2v) is 7.05. The molecular formula is C22H17N3O4. The van der Waals surface area contributed by atoms with Gasteiger partial charge in [-0.3, -0.25) is 14.9 Å². The van der Waals surface area contributed by atoms with Crippen LogP contribution in [-0.4, -0.2) is 10.7 Å². The molecule has 0 saturated carbocycles. The first-order valence-corrected chi connectivity index (χ1v) is 9.12. The van der Waals surface area contributed by atoms with Gasteiger partial charge in [-0.05, 0) is 17.0 Å². The van der Waals surface area contributed by atoms with Gasteiger partial charge in [0.1, 0.15) is 17.4 Å². The van der Waals surface area contributed by atoms with Crippen LogP contribution in [0.25, 0.3) is 0 Å². The number of nitro groups is 1. The van der Waals surface area contributed by atoms with Gasteiger partial charge in [0.15, 0.2) is 5.78 Å². The molecule has 0 aromatic heterocycles. The number of carbonyl (C=O) groups is 1. The number of nitrogens with zero attached hydrogens (tertiary/aromatic N) is 2. The number of allylic oxidation sites excluding steroid dienone is 3. The average Bonchev–Trinajstić information content (AvgIpc) is 2.73. The van der Waals surface area contributed by atoms with Crippen molar-refractivity contribution >= 4 is 11.5 Å². The Morgan fingerprint density at radius 2 is 1.83 bits per heavy atom. The minimum absolute atomic E-state index is 0.0513.